The minimum absolute atomic E-state index is 0.0431. The highest BCUT2D eigenvalue weighted by atomic mass is 16.2. The van der Waals surface area contributed by atoms with Gasteiger partial charge in [-0.3, -0.25) is 24.0 Å². The van der Waals surface area contributed by atoms with Crippen LogP contribution in [0.5, 0.6) is 0 Å². The van der Waals surface area contributed by atoms with Gasteiger partial charge in [0, 0.05) is 31.1 Å². The van der Waals surface area contributed by atoms with Crippen LogP contribution in [0, 0.1) is 11.8 Å². The van der Waals surface area contributed by atoms with E-state index in [0.717, 1.165) is 62.9 Å². The van der Waals surface area contributed by atoms with E-state index in [9.17, 15) is 19.2 Å². The molecule has 5 amide bonds. The molecule has 1 saturated carbocycles. The first-order chi connectivity index (χ1) is 26.1. The molecule has 0 bridgehead atoms. The second kappa shape index (κ2) is 31.8. The summed E-state index contributed by atoms with van der Waals surface area (Å²) < 4.78 is 0. The molecule has 54 heavy (non-hydrogen) atoms. The lowest BCUT2D eigenvalue weighted by Crippen LogP contribution is -2.52. The summed E-state index contributed by atoms with van der Waals surface area (Å²) in [5.41, 5.74) is 21.6. The predicted molar refractivity (Wildman–Crippen MR) is 214 cm³/mol. The number of nitrogens with one attached hydrogen (secondary N) is 3. The van der Waals surface area contributed by atoms with Crippen LogP contribution in [0.3, 0.4) is 0 Å². The summed E-state index contributed by atoms with van der Waals surface area (Å²) in [5.74, 6) is -0.172. The summed E-state index contributed by atoms with van der Waals surface area (Å²) in [7, 11) is 2.00. The molecule has 0 radical (unpaired) electrons. The van der Waals surface area contributed by atoms with E-state index in [-0.39, 0.29) is 31.2 Å². The van der Waals surface area contributed by atoms with Crippen LogP contribution in [0.2, 0.25) is 0 Å². The maximum absolute atomic E-state index is 12.9. The molecule has 302 valence electrons. The Morgan fingerprint density at radius 1 is 0.815 bits per heavy atom. The number of primary amides is 2. The maximum atomic E-state index is 12.9. The summed E-state index contributed by atoms with van der Waals surface area (Å²) in [5, 5.41) is 8.92. The van der Waals surface area contributed by atoms with Crippen molar-refractivity contribution in [1.82, 2.24) is 20.9 Å². The van der Waals surface area contributed by atoms with Gasteiger partial charge in [-0.25, -0.2) is 0 Å². The van der Waals surface area contributed by atoms with Gasteiger partial charge in [-0.2, -0.15) is 0 Å². The molecule has 2 aromatic carbocycles. The fraction of sp³-hybridized carbons (Fsp3) is 0.550. The number of likely N-dealkylation sites (tertiary alicyclic amines) is 1. The van der Waals surface area contributed by atoms with Crippen LogP contribution in [0.1, 0.15) is 76.3 Å². The summed E-state index contributed by atoms with van der Waals surface area (Å²) in [4.78, 5) is 67.1. The second-order valence-corrected chi connectivity index (χ2v) is 13.0. The van der Waals surface area contributed by atoms with Crippen molar-refractivity contribution in [1.29, 1.82) is 0 Å². The molecule has 2 fully saturated rings. The van der Waals surface area contributed by atoms with Crippen LogP contribution in [0.25, 0.3) is 0 Å². The number of carbonyl (C=O) groups excluding carboxylic acids is 6. The molecule has 3 atom stereocenters. The van der Waals surface area contributed by atoms with E-state index in [1.807, 2.05) is 79.5 Å². The van der Waals surface area contributed by atoms with Crippen LogP contribution in [-0.4, -0.2) is 93.1 Å². The van der Waals surface area contributed by atoms with Gasteiger partial charge >= 0.3 is 0 Å². The van der Waals surface area contributed by atoms with E-state index in [0.29, 0.717) is 43.4 Å². The molecule has 4 rings (SSSR count). The third kappa shape index (κ3) is 22.4. The maximum Gasteiger partial charge on any atom is 0.237 e. The number of hydrogen-bond donors (Lipinski definition) is 7. The molecular weight excluding hydrogens is 688 g/mol. The normalized spacial score (nSPS) is 14.8. The van der Waals surface area contributed by atoms with E-state index in [1.54, 1.807) is 0 Å². The zero-order valence-electron chi connectivity index (χ0n) is 32.5. The number of hydrogen-bond acceptors (Lipinski definition) is 9. The minimum Gasteiger partial charge on any atom is -0.372 e. The Labute approximate surface area is 321 Å². The molecule has 11 N–H and O–H groups in total. The van der Waals surface area contributed by atoms with Gasteiger partial charge < -0.3 is 48.6 Å². The molecule has 1 aliphatic heterocycles. The summed E-state index contributed by atoms with van der Waals surface area (Å²) >= 11 is 0. The molecule has 1 heterocycles. The molecule has 0 aromatic heterocycles. The van der Waals surface area contributed by atoms with Crippen molar-refractivity contribution in [3.8, 4) is 0 Å². The first-order valence-electron chi connectivity index (χ1n) is 18.9. The number of amides is 5. The number of nitrogens with zero attached hydrogens (tertiary/aromatic N) is 1. The Balaban J connectivity index is 0.000000950. The average molecular weight is 755 g/mol. The van der Waals surface area contributed by atoms with Gasteiger partial charge in [-0.15, -0.1) is 0 Å². The van der Waals surface area contributed by atoms with Crippen LogP contribution >= 0.6 is 0 Å². The van der Waals surface area contributed by atoms with E-state index in [2.05, 4.69) is 34.3 Å². The molecule has 2 unspecified atom stereocenters. The van der Waals surface area contributed by atoms with Gasteiger partial charge in [0.15, 0.2) is 0 Å². The third-order valence-corrected chi connectivity index (χ3v) is 8.74. The van der Waals surface area contributed by atoms with Crippen molar-refractivity contribution >= 4 is 36.8 Å². The van der Waals surface area contributed by atoms with Crippen LogP contribution in [0.4, 0.5) is 0 Å². The van der Waals surface area contributed by atoms with Crippen molar-refractivity contribution in [3.05, 3.63) is 71.8 Å². The number of piperidine rings is 1. The second-order valence-electron chi connectivity index (χ2n) is 13.0. The lowest BCUT2D eigenvalue weighted by atomic mass is 9.88. The van der Waals surface area contributed by atoms with Crippen molar-refractivity contribution < 1.29 is 28.8 Å². The number of unbranched alkanes of at least 4 members (excludes halogenated alkanes) is 1. The summed E-state index contributed by atoms with van der Waals surface area (Å²) in [6.07, 6.45) is 10.3. The van der Waals surface area contributed by atoms with Crippen molar-refractivity contribution in [2.45, 2.75) is 96.2 Å². The minimum atomic E-state index is -0.717. The monoisotopic (exact) mass is 755 g/mol. The lowest BCUT2D eigenvalue weighted by molar-refractivity contribution is -0.133. The largest absolute Gasteiger partial charge is 0.372 e. The van der Waals surface area contributed by atoms with E-state index < -0.39 is 18.0 Å². The fourth-order valence-corrected chi connectivity index (χ4v) is 5.69. The Bertz CT molecular complexity index is 1280. The Hall–Kier alpha value is -4.66. The van der Waals surface area contributed by atoms with Gasteiger partial charge in [0.1, 0.15) is 6.29 Å². The summed E-state index contributed by atoms with van der Waals surface area (Å²) in [6.45, 7) is 6.84. The number of aldehydes is 1. The highest BCUT2D eigenvalue weighted by Crippen LogP contribution is 2.31. The molecule has 2 aliphatic rings. The number of carbonyl (C=O) groups is 6. The van der Waals surface area contributed by atoms with Gasteiger partial charge in [-0.1, -0.05) is 87.4 Å². The van der Waals surface area contributed by atoms with Crippen LogP contribution in [0.15, 0.2) is 60.7 Å². The number of nitrogens with two attached hydrogens (primary N) is 4. The average Bonchev–Trinajstić information content (AvgIpc) is 4.04. The van der Waals surface area contributed by atoms with Gasteiger partial charge in [0.05, 0.1) is 18.5 Å². The molecule has 14 nitrogen and oxygen atoms in total. The molecule has 14 heteroatoms. The van der Waals surface area contributed by atoms with Crippen LogP contribution < -0.4 is 38.9 Å². The summed E-state index contributed by atoms with van der Waals surface area (Å²) in [6, 6.07) is 18.8. The van der Waals surface area contributed by atoms with Gasteiger partial charge in [0.2, 0.25) is 30.5 Å². The molecular formula is C40H66N8O6. The van der Waals surface area contributed by atoms with Crippen molar-refractivity contribution in [3.63, 3.8) is 0 Å². The Kier molecular flexibility index (Phi) is 29.1. The fourth-order valence-electron chi connectivity index (χ4n) is 5.69. The van der Waals surface area contributed by atoms with Crippen molar-refractivity contribution in [2.24, 2.45) is 34.8 Å². The zero-order chi connectivity index (χ0) is 40.6. The standard InChI is InChI=1S/C24H31N3O3.C10H18N2O.C4H11N.2CH3NO/c1-2-9-20(23(29)26-14-15-28)22(17-19-12-7-4-8-13-19)27-24(30)21(25)16-18-10-5-3-6-11-18;1-11-9-4-6-12(7-5-9)10(13)8-2-3-8;1-2-3-4-5;2*2-1-3/h3-8,10-13,15,20-22H,2,9,14,16-17,25H2,1H3,(H,26,29)(H,27,30);8-9,11H,2-7H2,1H3;2-5H2,1H3;2*1H,(H2,2,3)/t20?,21?,22-;;;;/m1..../s1. The first kappa shape index (κ1) is 49.3. The van der Waals surface area contributed by atoms with Crippen molar-refractivity contribution in [2.75, 3.05) is 33.2 Å². The highest BCUT2D eigenvalue weighted by Gasteiger charge is 2.34. The van der Waals surface area contributed by atoms with E-state index in [1.165, 1.54) is 12.8 Å². The molecule has 0 spiro atoms. The highest BCUT2D eigenvalue weighted by molar-refractivity contribution is 5.85. The third-order valence-electron chi connectivity index (χ3n) is 8.74. The zero-order valence-corrected chi connectivity index (χ0v) is 32.5. The first-order valence-corrected chi connectivity index (χ1v) is 18.9. The predicted octanol–water partition coefficient (Wildman–Crippen LogP) is 1.57. The topological polar surface area (TPSA) is 246 Å². The van der Waals surface area contributed by atoms with Gasteiger partial charge in [0.25, 0.3) is 0 Å². The SMILES string of the molecule is CCCC(C(=O)NCC=O)[C@@H](Cc1ccccc1)NC(=O)C(N)Cc1ccccc1.CCCCN.CNC1CCN(C(=O)C2CC2)CC1.NC=O.NC=O. The number of rotatable bonds is 16. The van der Waals surface area contributed by atoms with Crippen LogP contribution in [-0.2, 0) is 41.6 Å². The lowest BCUT2D eigenvalue weighted by Gasteiger charge is -2.31. The molecule has 2 aromatic rings. The molecule has 1 aliphatic carbocycles. The van der Waals surface area contributed by atoms with E-state index >= 15 is 0 Å². The smallest absolute Gasteiger partial charge is 0.237 e. The Morgan fingerprint density at radius 2 is 1.33 bits per heavy atom. The number of benzene rings is 2. The van der Waals surface area contributed by atoms with E-state index in [4.69, 9.17) is 21.1 Å². The Morgan fingerprint density at radius 3 is 1.74 bits per heavy atom. The quantitative estimate of drug-likeness (QED) is 0.123. The molecule has 1 saturated heterocycles. The van der Waals surface area contributed by atoms with Gasteiger partial charge in [-0.05, 0) is 76.1 Å².